The standard InChI is InChI=1S/C18H22ClN3O2S/c1-20-18(22(2)14-15-8-6-7-11-17(15)19)21-12-13-25(23,24)16-9-4-3-5-10-16/h3-11H,12-14H2,1-2H3,(H,20,21). The molecule has 0 amide bonds. The van der Waals surface area contributed by atoms with Gasteiger partial charge in [0, 0.05) is 32.2 Å². The molecule has 0 radical (unpaired) electrons. The fraction of sp³-hybridized carbons (Fsp3) is 0.278. The third kappa shape index (κ3) is 5.47. The number of hydrogen-bond acceptors (Lipinski definition) is 3. The minimum absolute atomic E-state index is 0.00400. The summed E-state index contributed by atoms with van der Waals surface area (Å²) < 4.78 is 24.6. The number of rotatable bonds is 6. The lowest BCUT2D eigenvalue weighted by atomic mass is 10.2. The van der Waals surface area contributed by atoms with Crippen LogP contribution in [0.1, 0.15) is 5.56 Å². The molecule has 2 rings (SSSR count). The highest BCUT2D eigenvalue weighted by Crippen LogP contribution is 2.16. The van der Waals surface area contributed by atoms with E-state index in [9.17, 15) is 8.42 Å². The summed E-state index contributed by atoms with van der Waals surface area (Å²) >= 11 is 6.18. The van der Waals surface area contributed by atoms with Crippen LogP contribution in [-0.2, 0) is 16.4 Å². The van der Waals surface area contributed by atoms with Gasteiger partial charge < -0.3 is 10.2 Å². The van der Waals surface area contributed by atoms with Gasteiger partial charge in [-0.3, -0.25) is 4.99 Å². The molecule has 5 nitrogen and oxygen atoms in total. The molecule has 2 aromatic carbocycles. The number of sulfone groups is 1. The molecule has 2 aromatic rings. The second-order valence-corrected chi connectivity index (χ2v) is 8.07. The van der Waals surface area contributed by atoms with Crippen molar-refractivity contribution in [3.05, 3.63) is 65.2 Å². The molecule has 0 spiro atoms. The molecule has 0 aromatic heterocycles. The summed E-state index contributed by atoms with van der Waals surface area (Å²) in [6, 6.07) is 16.0. The Bertz CT molecular complexity index is 823. The molecule has 0 atom stereocenters. The Morgan fingerprint density at radius 3 is 2.40 bits per heavy atom. The Balaban J connectivity index is 1.93. The molecule has 0 aliphatic carbocycles. The normalized spacial score (nSPS) is 12.0. The van der Waals surface area contributed by atoms with E-state index in [0.717, 1.165) is 5.56 Å². The fourth-order valence-corrected chi connectivity index (χ4v) is 3.76. The van der Waals surface area contributed by atoms with Crippen molar-refractivity contribution in [2.45, 2.75) is 11.4 Å². The van der Waals surface area contributed by atoms with Crippen molar-refractivity contribution in [3.8, 4) is 0 Å². The Labute approximate surface area is 154 Å². The topological polar surface area (TPSA) is 61.8 Å². The number of halogens is 1. The number of benzene rings is 2. The molecular weight excluding hydrogens is 358 g/mol. The summed E-state index contributed by atoms with van der Waals surface area (Å²) in [6.45, 7) is 0.849. The highest BCUT2D eigenvalue weighted by molar-refractivity contribution is 7.91. The predicted octanol–water partition coefficient (Wildman–Crippen LogP) is 2.82. The van der Waals surface area contributed by atoms with E-state index in [0.29, 0.717) is 22.4 Å². The van der Waals surface area contributed by atoms with Crippen LogP contribution in [0.3, 0.4) is 0 Å². The van der Waals surface area contributed by atoms with Crippen molar-refractivity contribution in [2.24, 2.45) is 4.99 Å². The van der Waals surface area contributed by atoms with Gasteiger partial charge in [-0.2, -0.15) is 0 Å². The van der Waals surface area contributed by atoms with E-state index in [-0.39, 0.29) is 12.3 Å². The zero-order valence-electron chi connectivity index (χ0n) is 14.3. The molecule has 0 aliphatic rings. The van der Waals surface area contributed by atoms with Gasteiger partial charge >= 0.3 is 0 Å². The first-order valence-electron chi connectivity index (χ1n) is 7.87. The molecule has 1 N–H and O–H groups in total. The van der Waals surface area contributed by atoms with Gasteiger partial charge in [0.25, 0.3) is 0 Å². The van der Waals surface area contributed by atoms with Gasteiger partial charge in [-0.15, -0.1) is 0 Å². The number of nitrogens with one attached hydrogen (secondary N) is 1. The van der Waals surface area contributed by atoms with Crippen LogP contribution in [0.15, 0.2) is 64.5 Å². The van der Waals surface area contributed by atoms with Gasteiger partial charge in [0.1, 0.15) is 0 Å². The van der Waals surface area contributed by atoms with Crippen molar-refractivity contribution >= 4 is 27.4 Å². The zero-order chi connectivity index (χ0) is 18.3. The van der Waals surface area contributed by atoms with Crippen LogP contribution in [0.25, 0.3) is 0 Å². The molecule has 7 heteroatoms. The van der Waals surface area contributed by atoms with E-state index < -0.39 is 9.84 Å². The van der Waals surface area contributed by atoms with Gasteiger partial charge in [0.15, 0.2) is 15.8 Å². The Morgan fingerprint density at radius 2 is 1.76 bits per heavy atom. The zero-order valence-corrected chi connectivity index (χ0v) is 15.9. The second kappa shape index (κ2) is 8.87. The number of nitrogens with zero attached hydrogens (tertiary/aromatic N) is 2. The van der Waals surface area contributed by atoms with Crippen LogP contribution >= 0.6 is 11.6 Å². The quantitative estimate of drug-likeness (QED) is 0.619. The Kier molecular flexibility index (Phi) is 6.84. The number of hydrogen-bond donors (Lipinski definition) is 1. The third-order valence-corrected chi connectivity index (χ3v) is 5.80. The first kappa shape index (κ1) is 19.3. The van der Waals surface area contributed by atoms with Gasteiger partial charge in [-0.05, 0) is 23.8 Å². The molecule has 0 aliphatic heterocycles. The predicted molar refractivity (Wildman–Crippen MR) is 103 cm³/mol. The van der Waals surface area contributed by atoms with Gasteiger partial charge in [-0.25, -0.2) is 8.42 Å². The molecule has 25 heavy (non-hydrogen) atoms. The Morgan fingerprint density at radius 1 is 1.12 bits per heavy atom. The summed E-state index contributed by atoms with van der Waals surface area (Å²) in [5.74, 6) is 0.610. The molecule has 0 bridgehead atoms. The van der Waals surface area contributed by atoms with E-state index in [1.807, 2.05) is 36.2 Å². The highest BCUT2D eigenvalue weighted by atomic mass is 35.5. The average molecular weight is 380 g/mol. The summed E-state index contributed by atoms with van der Waals surface area (Å²) in [4.78, 5) is 6.43. The summed E-state index contributed by atoms with van der Waals surface area (Å²) in [7, 11) is 0.231. The fourth-order valence-electron chi connectivity index (χ4n) is 2.38. The molecule has 0 heterocycles. The summed E-state index contributed by atoms with van der Waals surface area (Å²) in [6.07, 6.45) is 0. The number of aliphatic imine (C=N–C) groups is 1. The molecule has 0 fully saturated rings. The minimum Gasteiger partial charge on any atom is -0.355 e. The van der Waals surface area contributed by atoms with Crippen LogP contribution in [-0.4, -0.2) is 45.7 Å². The summed E-state index contributed by atoms with van der Waals surface area (Å²) in [5.41, 5.74) is 0.978. The maximum absolute atomic E-state index is 12.3. The molecule has 0 saturated heterocycles. The first-order chi connectivity index (χ1) is 11.9. The van der Waals surface area contributed by atoms with Crippen molar-refractivity contribution in [2.75, 3.05) is 26.4 Å². The third-order valence-electron chi connectivity index (χ3n) is 3.69. The summed E-state index contributed by atoms with van der Waals surface area (Å²) in [5, 5.41) is 3.78. The lowest BCUT2D eigenvalue weighted by Gasteiger charge is -2.22. The minimum atomic E-state index is -3.31. The largest absolute Gasteiger partial charge is 0.355 e. The average Bonchev–Trinajstić information content (AvgIpc) is 2.61. The SMILES string of the molecule is CN=C(NCCS(=O)(=O)c1ccccc1)N(C)Cc1ccccc1Cl. The molecular formula is C18H22ClN3O2S. The van der Waals surface area contributed by atoms with Crippen LogP contribution in [0.2, 0.25) is 5.02 Å². The number of guanidine groups is 1. The molecule has 0 saturated carbocycles. The molecule has 134 valence electrons. The van der Waals surface area contributed by atoms with Crippen LogP contribution < -0.4 is 5.32 Å². The van der Waals surface area contributed by atoms with E-state index >= 15 is 0 Å². The van der Waals surface area contributed by atoms with Gasteiger partial charge in [0.05, 0.1) is 10.6 Å². The van der Waals surface area contributed by atoms with Crippen molar-refractivity contribution in [1.29, 1.82) is 0 Å². The van der Waals surface area contributed by atoms with E-state index in [1.165, 1.54) is 0 Å². The second-order valence-electron chi connectivity index (χ2n) is 5.55. The lowest BCUT2D eigenvalue weighted by Crippen LogP contribution is -2.40. The monoisotopic (exact) mass is 379 g/mol. The molecule has 0 unspecified atom stereocenters. The van der Waals surface area contributed by atoms with Crippen LogP contribution in [0, 0.1) is 0 Å². The van der Waals surface area contributed by atoms with Gasteiger partial charge in [-0.1, -0.05) is 48.0 Å². The van der Waals surface area contributed by atoms with E-state index in [4.69, 9.17) is 11.6 Å². The van der Waals surface area contributed by atoms with Crippen LogP contribution in [0.5, 0.6) is 0 Å². The highest BCUT2D eigenvalue weighted by Gasteiger charge is 2.15. The van der Waals surface area contributed by atoms with E-state index in [2.05, 4.69) is 10.3 Å². The maximum atomic E-state index is 12.3. The van der Waals surface area contributed by atoms with Gasteiger partial charge in [0.2, 0.25) is 0 Å². The first-order valence-corrected chi connectivity index (χ1v) is 9.90. The van der Waals surface area contributed by atoms with Crippen molar-refractivity contribution < 1.29 is 8.42 Å². The lowest BCUT2D eigenvalue weighted by molar-refractivity contribution is 0.479. The maximum Gasteiger partial charge on any atom is 0.193 e. The van der Waals surface area contributed by atoms with E-state index in [1.54, 1.807) is 37.4 Å². The van der Waals surface area contributed by atoms with Crippen LogP contribution in [0.4, 0.5) is 0 Å². The van der Waals surface area contributed by atoms with Crippen molar-refractivity contribution in [1.82, 2.24) is 10.2 Å². The Hall–Kier alpha value is -2.05. The van der Waals surface area contributed by atoms with Crippen molar-refractivity contribution in [3.63, 3.8) is 0 Å². The smallest absolute Gasteiger partial charge is 0.193 e.